The molecule has 2 aromatic carbocycles. The van der Waals surface area contributed by atoms with Gasteiger partial charge >= 0.3 is 0 Å². The Labute approximate surface area is 129 Å². The van der Waals surface area contributed by atoms with Crippen LogP contribution >= 0.6 is 27.5 Å². The Balaban J connectivity index is 2.08. The van der Waals surface area contributed by atoms with Gasteiger partial charge in [0.2, 0.25) is 0 Å². The van der Waals surface area contributed by atoms with E-state index in [2.05, 4.69) is 20.9 Å². The van der Waals surface area contributed by atoms with Crippen LogP contribution in [0.2, 0.25) is 0 Å². The molecule has 0 unspecified atom stereocenters. The summed E-state index contributed by atoms with van der Waals surface area (Å²) < 4.78 is 16.4. The highest BCUT2D eigenvalue weighted by atomic mass is 79.9. The van der Waals surface area contributed by atoms with Crippen molar-refractivity contribution in [2.45, 2.75) is 12.4 Å². The summed E-state index contributed by atoms with van der Waals surface area (Å²) in [4.78, 5) is 4.44. The van der Waals surface area contributed by atoms with Gasteiger partial charge in [-0.3, -0.25) is 0 Å². The Kier molecular flexibility index (Phi) is 3.76. The standard InChI is InChI=1S/C15H11BrClFN2/c16-11-3-1-10(2-4-11)9-20-14-7-12(18)5-6-13(14)19-15(20)8-17/h1-7H,8-9H2. The van der Waals surface area contributed by atoms with Gasteiger partial charge in [0.1, 0.15) is 11.6 Å². The smallest absolute Gasteiger partial charge is 0.125 e. The largest absolute Gasteiger partial charge is 0.322 e. The highest BCUT2D eigenvalue weighted by molar-refractivity contribution is 9.10. The lowest BCUT2D eigenvalue weighted by atomic mass is 10.2. The monoisotopic (exact) mass is 352 g/mol. The second-order valence-corrected chi connectivity index (χ2v) is 5.69. The van der Waals surface area contributed by atoms with Crippen LogP contribution in [0.3, 0.4) is 0 Å². The molecular weight excluding hydrogens is 343 g/mol. The van der Waals surface area contributed by atoms with E-state index in [9.17, 15) is 4.39 Å². The van der Waals surface area contributed by atoms with E-state index >= 15 is 0 Å². The fourth-order valence-corrected chi connectivity index (χ4v) is 2.66. The number of fused-ring (bicyclic) bond motifs is 1. The van der Waals surface area contributed by atoms with Crippen molar-refractivity contribution >= 4 is 38.6 Å². The van der Waals surface area contributed by atoms with Crippen molar-refractivity contribution in [2.24, 2.45) is 0 Å². The summed E-state index contributed by atoms with van der Waals surface area (Å²) in [5.41, 5.74) is 2.64. The van der Waals surface area contributed by atoms with Crippen molar-refractivity contribution in [3.63, 3.8) is 0 Å². The van der Waals surface area contributed by atoms with E-state index in [1.807, 2.05) is 28.8 Å². The minimum atomic E-state index is -0.268. The molecule has 1 heterocycles. The number of hydrogen-bond acceptors (Lipinski definition) is 1. The van der Waals surface area contributed by atoms with Crippen LogP contribution in [0.1, 0.15) is 11.4 Å². The van der Waals surface area contributed by atoms with Crippen LogP contribution in [0.15, 0.2) is 46.9 Å². The first-order chi connectivity index (χ1) is 9.67. The number of halogens is 3. The van der Waals surface area contributed by atoms with Gasteiger partial charge < -0.3 is 4.57 Å². The van der Waals surface area contributed by atoms with Crippen molar-refractivity contribution in [3.05, 3.63) is 64.1 Å². The van der Waals surface area contributed by atoms with Gasteiger partial charge in [0, 0.05) is 11.0 Å². The summed E-state index contributed by atoms with van der Waals surface area (Å²) in [6, 6.07) is 12.6. The maximum absolute atomic E-state index is 13.4. The third-order valence-corrected chi connectivity index (χ3v) is 3.93. The predicted molar refractivity (Wildman–Crippen MR) is 82.5 cm³/mol. The number of rotatable bonds is 3. The zero-order valence-corrected chi connectivity index (χ0v) is 12.8. The minimum absolute atomic E-state index is 0.268. The van der Waals surface area contributed by atoms with E-state index in [1.165, 1.54) is 12.1 Å². The molecule has 0 amide bonds. The van der Waals surface area contributed by atoms with Crippen LogP contribution in [0, 0.1) is 5.82 Å². The number of benzene rings is 2. The molecular formula is C15H11BrClFN2. The number of imidazole rings is 1. The van der Waals surface area contributed by atoms with Crippen LogP contribution in [0.4, 0.5) is 4.39 Å². The van der Waals surface area contributed by atoms with Crippen LogP contribution in [-0.4, -0.2) is 9.55 Å². The van der Waals surface area contributed by atoms with E-state index in [4.69, 9.17) is 11.6 Å². The van der Waals surface area contributed by atoms with Crippen LogP contribution in [0.5, 0.6) is 0 Å². The molecule has 0 N–H and O–H groups in total. The molecule has 0 fully saturated rings. The van der Waals surface area contributed by atoms with Gasteiger partial charge in [0.15, 0.2) is 0 Å². The second-order valence-electron chi connectivity index (χ2n) is 4.51. The molecule has 0 aliphatic carbocycles. The Morgan fingerprint density at radius 3 is 2.60 bits per heavy atom. The normalized spacial score (nSPS) is 11.2. The van der Waals surface area contributed by atoms with Crippen molar-refractivity contribution in [1.82, 2.24) is 9.55 Å². The lowest BCUT2D eigenvalue weighted by Gasteiger charge is -2.08. The van der Waals surface area contributed by atoms with E-state index < -0.39 is 0 Å². The molecule has 0 atom stereocenters. The van der Waals surface area contributed by atoms with Gasteiger partial charge in [-0.1, -0.05) is 28.1 Å². The molecule has 3 rings (SSSR count). The molecule has 5 heteroatoms. The van der Waals surface area contributed by atoms with Crippen LogP contribution in [0.25, 0.3) is 11.0 Å². The first-order valence-electron chi connectivity index (χ1n) is 6.12. The van der Waals surface area contributed by atoms with Gasteiger partial charge in [-0.2, -0.15) is 0 Å². The summed E-state index contributed by atoms with van der Waals surface area (Å²) in [6.45, 7) is 0.620. The Bertz CT molecular complexity index is 752. The van der Waals surface area contributed by atoms with Gasteiger partial charge in [0.05, 0.1) is 16.9 Å². The quantitative estimate of drug-likeness (QED) is 0.623. The molecule has 0 saturated carbocycles. The molecule has 102 valence electrons. The van der Waals surface area contributed by atoms with E-state index in [-0.39, 0.29) is 5.82 Å². The van der Waals surface area contributed by atoms with Crippen molar-refractivity contribution < 1.29 is 4.39 Å². The first kappa shape index (κ1) is 13.6. The van der Waals surface area contributed by atoms with Gasteiger partial charge in [-0.25, -0.2) is 9.37 Å². The summed E-state index contributed by atoms with van der Waals surface area (Å²) in [6.07, 6.45) is 0. The highest BCUT2D eigenvalue weighted by Crippen LogP contribution is 2.21. The Morgan fingerprint density at radius 2 is 1.90 bits per heavy atom. The molecule has 0 saturated heterocycles. The van der Waals surface area contributed by atoms with Crippen LogP contribution < -0.4 is 0 Å². The molecule has 1 aromatic heterocycles. The number of alkyl halides is 1. The van der Waals surface area contributed by atoms with Crippen molar-refractivity contribution in [2.75, 3.05) is 0 Å². The molecule has 0 radical (unpaired) electrons. The zero-order chi connectivity index (χ0) is 14.1. The molecule has 20 heavy (non-hydrogen) atoms. The van der Waals surface area contributed by atoms with E-state index in [0.29, 0.717) is 12.4 Å². The second kappa shape index (κ2) is 5.54. The maximum Gasteiger partial charge on any atom is 0.125 e. The van der Waals surface area contributed by atoms with Gasteiger partial charge in [-0.05, 0) is 35.9 Å². The first-order valence-corrected chi connectivity index (χ1v) is 7.45. The third-order valence-electron chi connectivity index (χ3n) is 3.16. The molecule has 2 nitrogen and oxygen atoms in total. The number of hydrogen-bond donors (Lipinski definition) is 0. The van der Waals surface area contributed by atoms with E-state index in [1.54, 1.807) is 6.07 Å². The predicted octanol–water partition coefficient (Wildman–Crippen LogP) is 4.73. The molecule has 0 bridgehead atoms. The summed E-state index contributed by atoms with van der Waals surface area (Å²) in [7, 11) is 0. The van der Waals surface area contributed by atoms with Gasteiger partial charge in [0.25, 0.3) is 0 Å². The fraction of sp³-hybridized carbons (Fsp3) is 0.133. The molecule has 3 aromatic rings. The van der Waals surface area contributed by atoms with Crippen molar-refractivity contribution in [3.8, 4) is 0 Å². The fourth-order valence-electron chi connectivity index (χ4n) is 2.20. The summed E-state index contributed by atoms with van der Waals surface area (Å²) >= 11 is 9.36. The average Bonchev–Trinajstić information content (AvgIpc) is 2.79. The number of aromatic nitrogens is 2. The lowest BCUT2D eigenvalue weighted by Crippen LogP contribution is -2.03. The number of nitrogens with zero attached hydrogens (tertiary/aromatic N) is 2. The van der Waals surface area contributed by atoms with Crippen molar-refractivity contribution in [1.29, 1.82) is 0 Å². The Morgan fingerprint density at radius 1 is 1.15 bits per heavy atom. The SMILES string of the molecule is Fc1ccc2nc(CCl)n(Cc3ccc(Br)cc3)c2c1. The average molecular weight is 354 g/mol. The maximum atomic E-state index is 13.4. The molecule has 0 aliphatic rings. The summed E-state index contributed by atoms with van der Waals surface area (Å²) in [5.74, 6) is 0.776. The highest BCUT2D eigenvalue weighted by Gasteiger charge is 2.11. The zero-order valence-electron chi connectivity index (χ0n) is 10.5. The van der Waals surface area contributed by atoms with E-state index in [0.717, 1.165) is 26.9 Å². The Hall–Kier alpha value is -1.39. The minimum Gasteiger partial charge on any atom is -0.322 e. The third kappa shape index (κ3) is 2.58. The van der Waals surface area contributed by atoms with Gasteiger partial charge in [-0.15, -0.1) is 11.6 Å². The molecule has 0 aliphatic heterocycles. The van der Waals surface area contributed by atoms with Crippen LogP contribution in [-0.2, 0) is 12.4 Å². The summed E-state index contributed by atoms with van der Waals surface area (Å²) in [5, 5.41) is 0. The topological polar surface area (TPSA) is 17.8 Å². The molecule has 0 spiro atoms. The lowest BCUT2D eigenvalue weighted by molar-refractivity contribution is 0.628.